The van der Waals surface area contributed by atoms with E-state index in [1.807, 2.05) is 11.8 Å². The predicted molar refractivity (Wildman–Crippen MR) is 150 cm³/mol. The Morgan fingerprint density at radius 1 is 0.618 bits per heavy atom. The Morgan fingerprint density at radius 3 is 1.94 bits per heavy atom. The minimum Gasteiger partial charge on any atom is -0.246 e. The highest BCUT2D eigenvalue weighted by molar-refractivity contribution is 8.15. The first-order valence-electron chi connectivity index (χ1n) is 11.5. The van der Waals surface area contributed by atoms with Crippen LogP contribution in [0.2, 0.25) is 0 Å². The number of aryl methyl sites for hydroxylation is 3. The molecule has 0 saturated heterocycles. The number of benzene rings is 4. The molecular formula is C30H24N2S2. The van der Waals surface area contributed by atoms with E-state index in [0.717, 1.165) is 29.3 Å². The summed E-state index contributed by atoms with van der Waals surface area (Å²) in [7, 11) is 0. The molecule has 2 aliphatic heterocycles. The second kappa shape index (κ2) is 8.94. The molecule has 0 spiro atoms. The largest absolute Gasteiger partial charge is 0.246 e. The first-order chi connectivity index (χ1) is 16.6. The average Bonchev–Trinajstić information content (AvgIpc) is 2.86. The van der Waals surface area contributed by atoms with E-state index in [0.29, 0.717) is 0 Å². The standard InChI is InChI=1S/C30H24N2S2/c1-19-3-7-21(8-4-19)11-17-27-31-23-13-16-26-30-24(14-15-25(33-27)29(23)30)32-28(34-26)18-12-22-9-5-20(2)6-10-22/h3-11,13-17H,12,18H2,1-2H3/b17-11+. The molecule has 0 unspecified atom stereocenters. The van der Waals surface area contributed by atoms with Gasteiger partial charge in [0, 0.05) is 27.0 Å². The molecule has 0 atom stereocenters. The molecule has 4 aromatic rings. The van der Waals surface area contributed by atoms with Gasteiger partial charge in [-0.25, -0.2) is 9.98 Å². The summed E-state index contributed by atoms with van der Waals surface area (Å²) in [5.74, 6) is 0. The smallest absolute Gasteiger partial charge is 0.101 e. The van der Waals surface area contributed by atoms with Crippen molar-refractivity contribution >= 4 is 61.8 Å². The first kappa shape index (κ1) is 21.5. The Bertz CT molecular complexity index is 1490. The molecule has 0 N–H and O–H groups in total. The van der Waals surface area contributed by atoms with E-state index in [1.54, 1.807) is 11.8 Å². The summed E-state index contributed by atoms with van der Waals surface area (Å²) in [5.41, 5.74) is 7.24. The van der Waals surface area contributed by atoms with Gasteiger partial charge in [0.25, 0.3) is 0 Å². The fourth-order valence-electron chi connectivity index (χ4n) is 4.32. The highest BCUT2D eigenvalue weighted by atomic mass is 32.2. The van der Waals surface area contributed by atoms with Crippen LogP contribution in [0.5, 0.6) is 0 Å². The van der Waals surface area contributed by atoms with Crippen LogP contribution in [-0.2, 0) is 6.42 Å². The fourth-order valence-corrected chi connectivity index (χ4v) is 6.32. The maximum atomic E-state index is 5.05. The summed E-state index contributed by atoms with van der Waals surface area (Å²) in [5, 5.41) is 4.69. The van der Waals surface area contributed by atoms with Gasteiger partial charge >= 0.3 is 0 Å². The lowest BCUT2D eigenvalue weighted by Crippen LogP contribution is -2.01. The van der Waals surface area contributed by atoms with Crippen molar-refractivity contribution in [1.82, 2.24) is 0 Å². The molecule has 6 rings (SSSR count). The zero-order chi connectivity index (χ0) is 23.1. The third-order valence-corrected chi connectivity index (χ3v) is 8.29. The maximum Gasteiger partial charge on any atom is 0.101 e. The summed E-state index contributed by atoms with van der Waals surface area (Å²) < 4.78 is 0. The monoisotopic (exact) mass is 476 g/mol. The minimum absolute atomic E-state index is 0.957. The van der Waals surface area contributed by atoms with Crippen molar-refractivity contribution in [3.8, 4) is 0 Å². The van der Waals surface area contributed by atoms with Gasteiger partial charge in [0.1, 0.15) is 5.04 Å². The first-order valence-corrected chi connectivity index (χ1v) is 13.2. The summed E-state index contributed by atoms with van der Waals surface area (Å²) >= 11 is 3.55. The summed E-state index contributed by atoms with van der Waals surface area (Å²) in [6, 6.07) is 26.2. The average molecular weight is 477 g/mol. The minimum atomic E-state index is 0.957. The van der Waals surface area contributed by atoms with Gasteiger partial charge in [-0.15, -0.1) is 0 Å². The number of aliphatic imine (C=N–C) groups is 2. The number of thioether (sulfide) groups is 2. The van der Waals surface area contributed by atoms with Gasteiger partial charge in [-0.2, -0.15) is 0 Å². The maximum absolute atomic E-state index is 5.05. The highest BCUT2D eigenvalue weighted by Gasteiger charge is 2.23. The SMILES string of the molecule is Cc1ccc(/C=C/C2=Nc3ccc4c5c(ccc(c35)S2)N=C(CCc2ccc(C)cc2)S4)cc1. The second-order valence-corrected chi connectivity index (χ2v) is 11.0. The molecule has 0 aromatic heterocycles. The van der Waals surface area contributed by atoms with Crippen LogP contribution in [0.25, 0.3) is 16.8 Å². The van der Waals surface area contributed by atoms with Gasteiger partial charge in [0.05, 0.1) is 16.4 Å². The van der Waals surface area contributed by atoms with E-state index in [1.165, 1.54) is 47.9 Å². The molecule has 4 heteroatoms. The van der Waals surface area contributed by atoms with Gasteiger partial charge < -0.3 is 0 Å². The lowest BCUT2D eigenvalue weighted by atomic mass is 10.1. The van der Waals surface area contributed by atoms with Gasteiger partial charge in [-0.3, -0.25) is 0 Å². The molecule has 34 heavy (non-hydrogen) atoms. The van der Waals surface area contributed by atoms with Crippen molar-refractivity contribution in [2.45, 2.75) is 36.5 Å². The molecule has 0 aliphatic carbocycles. The third kappa shape index (κ3) is 4.24. The molecule has 0 fully saturated rings. The zero-order valence-corrected chi connectivity index (χ0v) is 20.8. The lowest BCUT2D eigenvalue weighted by molar-refractivity contribution is 1.05. The summed E-state index contributed by atoms with van der Waals surface area (Å²) in [6.07, 6.45) is 6.23. The molecular weight excluding hydrogens is 452 g/mol. The highest BCUT2D eigenvalue weighted by Crippen LogP contribution is 2.50. The lowest BCUT2D eigenvalue weighted by Gasteiger charge is -2.21. The Kier molecular flexibility index (Phi) is 5.64. The molecule has 2 heterocycles. The van der Waals surface area contributed by atoms with Gasteiger partial charge in [0.15, 0.2) is 0 Å². The number of rotatable bonds is 5. The van der Waals surface area contributed by atoms with Crippen molar-refractivity contribution < 1.29 is 0 Å². The summed E-state index contributed by atoms with van der Waals surface area (Å²) in [6.45, 7) is 4.24. The molecule has 0 amide bonds. The van der Waals surface area contributed by atoms with E-state index in [-0.39, 0.29) is 0 Å². The van der Waals surface area contributed by atoms with Crippen LogP contribution in [0.15, 0.2) is 98.6 Å². The molecule has 166 valence electrons. The van der Waals surface area contributed by atoms with Crippen LogP contribution in [-0.4, -0.2) is 10.1 Å². The number of nitrogens with zero attached hydrogens (tertiary/aromatic N) is 2. The van der Waals surface area contributed by atoms with Gasteiger partial charge in [0.2, 0.25) is 0 Å². The fraction of sp³-hybridized carbons (Fsp3) is 0.133. The Labute approximate surface area is 208 Å². The van der Waals surface area contributed by atoms with E-state index in [2.05, 4.69) is 98.8 Å². The Balaban J connectivity index is 1.29. The van der Waals surface area contributed by atoms with E-state index >= 15 is 0 Å². The molecule has 2 nitrogen and oxygen atoms in total. The third-order valence-electron chi connectivity index (χ3n) is 6.20. The molecule has 0 saturated carbocycles. The van der Waals surface area contributed by atoms with Crippen LogP contribution in [0.4, 0.5) is 11.4 Å². The van der Waals surface area contributed by atoms with E-state index < -0.39 is 0 Å². The van der Waals surface area contributed by atoms with Crippen molar-refractivity contribution in [3.05, 3.63) is 101 Å². The zero-order valence-electron chi connectivity index (χ0n) is 19.2. The summed E-state index contributed by atoms with van der Waals surface area (Å²) in [4.78, 5) is 12.6. The van der Waals surface area contributed by atoms with Crippen molar-refractivity contribution in [3.63, 3.8) is 0 Å². The van der Waals surface area contributed by atoms with Gasteiger partial charge in [-0.1, -0.05) is 89.3 Å². The van der Waals surface area contributed by atoms with Crippen LogP contribution in [0.3, 0.4) is 0 Å². The van der Waals surface area contributed by atoms with Crippen LogP contribution < -0.4 is 0 Å². The molecule has 0 radical (unpaired) electrons. The molecule has 4 aromatic carbocycles. The van der Waals surface area contributed by atoms with Crippen LogP contribution in [0.1, 0.15) is 28.7 Å². The van der Waals surface area contributed by atoms with Crippen molar-refractivity contribution in [2.24, 2.45) is 9.98 Å². The van der Waals surface area contributed by atoms with E-state index in [4.69, 9.17) is 9.98 Å². The number of hydrogen-bond donors (Lipinski definition) is 0. The topological polar surface area (TPSA) is 24.7 Å². The normalized spacial score (nSPS) is 14.4. The second-order valence-electron chi connectivity index (χ2n) is 8.80. The Hall–Kier alpha value is -3.08. The van der Waals surface area contributed by atoms with Gasteiger partial charge in [-0.05, 0) is 61.7 Å². The van der Waals surface area contributed by atoms with E-state index in [9.17, 15) is 0 Å². The van der Waals surface area contributed by atoms with Crippen molar-refractivity contribution in [2.75, 3.05) is 0 Å². The van der Waals surface area contributed by atoms with Crippen molar-refractivity contribution in [1.29, 1.82) is 0 Å². The quantitative estimate of drug-likeness (QED) is 0.287. The molecule has 2 aliphatic rings. The number of hydrogen-bond acceptors (Lipinski definition) is 4. The molecule has 0 bridgehead atoms. The van der Waals surface area contributed by atoms with Crippen LogP contribution in [0, 0.1) is 13.8 Å². The predicted octanol–water partition coefficient (Wildman–Crippen LogP) is 9.07. The van der Waals surface area contributed by atoms with Crippen LogP contribution >= 0.6 is 23.5 Å². The Morgan fingerprint density at radius 2 is 1.24 bits per heavy atom.